The van der Waals surface area contributed by atoms with Gasteiger partial charge in [-0.05, 0) is 23.8 Å². The highest BCUT2D eigenvalue weighted by Crippen LogP contribution is 2.23. The van der Waals surface area contributed by atoms with E-state index in [1.54, 1.807) is 12.1 Å². The number of nitrogen functional groups attached to an aromatic ring is 1. The van der Waals surface area contributed by atoms with E-state index in [-0.39, 0.29) is 18.0 Å². The van der Waals surface area contributed by atoms with E-state index in [0.717, 1.165) is 0 Å². The molecule has 2 aromatic carbocycles. The molecule has 2 aromatic rings. The van der Waals surface area contributed by atoms with Crippen molar-refractivity contribution in [3.05, 3.63) is 64.0 Å². The minimum atomic E-state index is -0.555. The third-order valence-corrected chi connectivity index (χ3v) is 2.49. The van der Waals surface area contributed by atoms with Crippen LogP contribution >= 0.6 is 0 Å². The molecule has 0 amide bonds. The quantitative estimate of drug-likeness (QED) is 0.522. The second-order valence-corrected chi connectivity index (χ2v) is 3.90. The highest BCUT2D eigenvalue weighted by atomic mass is 19.1. The third-order valence-electron chi connectivity index (χ3n) is 2.49. The van der Waals surface area contributed by atoms with Gasteiger partial charge in [0.2, 0.25) is 0 Å². The van der Waals surface area contributed by atoms with Gasteiger partial charge in [-0.3, -0.25) is 10.1 Å². The van der Waals surface area contributed by atoms with Gasteiger partial charge < -0.3 is 10.5 Å². The maximum atomic E-state index is 12.9. The zero-order chi connectivity index (χ0) is 13.8. The maximum Gasteiger partial charge on any atom is 0.292 e. The Bertz CT molecular complexity index is 617. The van der Waals surface area contributed by atoms with Gasteiger partial charge in [0.05, 0.1) is 4.92 Å². The number of benzene rings is 2. The summed E-state index contributed by atoms with van der Waals surface area (Å²) in [4.78, 5) is 10.2. The Labute approximate surface area is 108 Å². The molecule has 0 bridgehead atoms. The summed E-state index contributed by atoms with van der Waals surface area (Å²) in [6.45, 7) is 0.102. The first-order chi connectivity index (χ1) is 9.06. The van der Waals surface area contributed by atoms with Gasteiger partial charge in [0.25, 0.3) is 5.69 Å². The molecule has 0 saturated heterocycles. The maximum absolute atomic E-state index is 12.9. The lowest BCUT2D eigenvalue weighted by Crippen LogP contribution is -2.00. The molecule has 0 aliphatic carbocycles. The molecule has 0 heterocycles. The predicted octanol–water partition coefficient (Wildman–Crippen LogP) is 2.90. The molecule has 0 atom stereocenters. The number of hydrogen-bond donors (Lipinski definition) is 1. The van der Waals surface area contributed by atoms with Gasteiger partial charge in [-0.25, -0.2) is 4.39 Å². The van der Waals surface area contributed by atoms with Crippen molar-refractivity contribution in [2.24, 2.45) is 0 Å². The summed E-state index contributed by atoms with van der Waals surface area (Å²) >= 11 is 0. The van der Waals surface area contributed by atoms with Gasteiger partial charge in [0.1, 0.15) is 23.9 Å². The van der Waals surface area contributed by atoms with Crippen LogP contribution in [0.4, 0.5) is 15.8 Å². The van der Waals surface area contributed by atoms with Crippen molar-refractivity contribution in [2.45, 2.75) is 6.61 Å². The second kappa shape index (κ2) is 5.34. The van der Waals surface area contributed by atoms with Gasteiger partial charge in [0, 0.05) is 12.1 Å². The van der Waals surface area contributed by atoms with Crippen LogP contribution < -0.4 is 10.5 Å². The molecule has 19 heavy (non-hydrogen) atoms. The van der Waals surface area contributed by atoms with Crippen LogP contribution in [-0.4, -0.2) is 4.92 Å². The van der Waals surface area contributed by atoms with E-state index >= 15 is 0 Å². The Morgan fingerprint density at radius 3 is 2.74 bits per heavy atom. The molecule has 0 spiro atoms. The minimum absolute atomic E-state index is 0.0968. The van der Waals surface area contributed by atoms with Crippen LogP contribution in [0.3, 0.4) is 0 Å². The Hall–Kier alpha value is -2.63. The monoisotopic (exact) mass is 262 g/mol. The van der Waals surface area contributed by atoms with Crippen LogP contribution in [0, 0.1) is 15.9 Å². The largest absolute Gasteiger partial charge is 0.489 e. The van der Waals surface area contributed by atoms with E-state index in [1.165, 1.54) is 30.3 Å². The van der Waals surface area contributed by atoms with Crippen molar-refractivity contribution < 1.29 is 14.1 Å². The second-order valence-electron chi connectivity index (χ2n) is 3.90. The minimum Gasteiger partial charge on any atom is -0.489 e. The van der Waals surface area contributed by atoms with Crippen molar-refractivity contribution in [3.63, 3.8) is 0 Å². The van der Waals surface area contributed by atoms with E-state index < -0.39 is 10.7 Å². The molecule has 0 aromatic heterocycles. The Kier molecular flexibility index (Phi) is 3.61. The number of halogens is 1. The average Bonchev–Trinajstić information content (AvgIpc) is 2.37. The zero-order valence-corrected chi connectivity index (χ0v) is 9.88. The van der Waals surface area contributed by atoms with E-state index in [0.29, 0.717) is 11.3 Å². The number of nitro benzene ring substituents is 1. The van der Waals surface area contributed by atoms with Crippen LogP contribution in [0.5, 0.6) is 5.75 Å². The van der Waals surface area contributed by atoms with Crippen molar-refractivity contribution >= 4 is 11.4 Å². The molecule has 0 radical (unpaired) electrons. The molecular formula is C13H11FN2O3. The number of rotatable bonds is 4. The molecule has 0 unspecified atom stereocenters. The van der Waals surface area contributed by atoms with Crippen LogP contribution in [0.2, 0.25) is 0 Å². The first-order valence-corrected chi connectivity index (χ1v) is 5.47. The summed E-state index contributed by atoms with van der Waals surface area (Å²) < 4.78 is 18.3. The lowest BCUT2D eigenvalue weighted by Gasteiger charge is -2.06. The van der Waals surface area contributed by atoms with Crippen molar-refractivity contribution in [1.29, 1.82) is 0 Å². The highest BCUT2D eigenvalue weighted by Gasteiger charge is 2.12. The lowest BCUT2D eigenvalue weighted by molar-refractivity contribution is -0.384. The van der Waals surface area contributed by atoms with Gasteiger partial charge in [-0.15, -0.1) is 0 Å². The summed E-state index contributed by atoms with van der Waals surface area (Å²) in [5.41, 5.74) is 6.00. The SMILES string of the molecule is Nc1ccc(COc2cccc(F)c2)cc1[N+](=O)[O-]. The Morgan fingerprint density at radius 1 is 1.26 bits per heavy atom. The van der Waals surface area contributed by atoms with E-state index in [2.05, 4.69) is 0 Å². The van der Waals surface area contributed by atoms with Crippen molar-refractivity contribution in [1.82, 2.24) is 0 Å². The summed E-state index contributed by atoms with van der Waals surface area (Å²) in [6, 6.07) is 10.1. The fourth-order valence-electron chi connectivity index (χ4n) is 1.56. The van der Waals surface area contributed by atoms with Crippen LogP contribution in [0.25, 0.3) is 0 Å². The number of nitrogens with two attached hydrogens (primary N) is 1. The molecule has 2 N–H and O–H groups in total. The summed E-state index contributed by atoms with van der Waals surface area (Å²) in [5.74, 6) is -0.0414. The molecule has 2 rings (SSSR count). The Morgan fingerprint density at radius 2 is 2.05 bits per heavy atom. The number of nitro groups is 1. The molecule has 0 fully saturated rings. The lowest BCUT2D eigenvalue weighted by atomic mass is 10.2. The zero-order valence-electron chi connectivity index (χ0n) is 9.88. The van der Waals surface area contributed by atoms with Crippen molar-refractivity contribution in [3.8, 4) is 5.75 Å². The van der Waals surface area contributed by atoms with E-state index in [1.807, 2.05) is 0 Å². The average molecular weight is 262 g/mol. The van der Waals surface area contributed by atoms with Crippen LogP contribution in [0.15, 0.2) is 42.5 Å². The molecule has 0 saturated carbocycles. The molecule has 0 aliphatic heterocycles. The summed E-state index contributed by atoms with van der Waals surface area (Å²) in [6.07, 6.45) is 0. The number of hydrogen-bond acceptors (Lipinski definition) is 4. The van der Waals surface area contributed by atoms with Crippen LogP contribution in [0.1, 0.15) is 5.56 Å². The summed E-state index contributed by atoms with van der Waals surface area (Å²) in [5, 5.41) is 10.7. The van der Waals surface area contributed by atoms with E-state index in [9.17, 15) is 14.5 Å². The fraction of sp³-hybridized carbons (Fsp3) is 0.0769. The van der Waals surface area contributed by atoms with Crippen LogP contribution in [-0.2, 0) is 6.61 Å². The molecular weight excluding hydrogens is 251 g/mol. The fourth-order valence-corrected chi connectivity index (χ4v) is 1.56. The molecule has 5 nitrogen and oxygen atoms in total. The Balaban J connectivity index is 2.12. The van der Waals surface area contributed by atoms with Gasteiger partial charge in [-0.2, -0.15) is 0 Å². The van der Waals surface area contributed by atoms with Gasteiger partial charge in [0.15, 0.2) is 0 Å². The molecule has 0 aliphatic rings. The smallest absolute Gasteiger partial charge is 0.292 e. The number of anilines is 1. The molecule has 6 heteroatoms. The first-order valence-electron chi connectivity index (χ1n) is 5.47. The number of nitrogens with zero attached hydrogens (tertiary/aromatic N) is 1. The third kappa shape index (κ3) is 3.19. The topological polar surface area (TPSA) is 78.4 Å². The predicted molar refractivity (Wildman–Crippen MR) is 68.2 cm³/mol. The van der Waals surface area contributed by atoms with Gasteiger partial charge in [-0.1, -0.05) is 12.1 Å². The number of ether oxygens (including phenoxy) is 1. The normalized spacial score (nSPS) is 10.2. The van der Waals surface area contributed by atoms with Gasteiger partial charge >= 0.3 is 0 Å². The highest BCUT2D eigenvalue weighted by molar-refractivity contribution is 5.59. The summed E-state index contributed by atoms with van der Waals surface area (Å²) in [7, 11) is 0. The molecule has 98 valence electrons. The standard InChI is InChI=1S/C13H11FN2O3/c14-10-2-1-3-11(7-10)19-8-9-4-5-12(15)13(6-9)16(17)18/h1-7H,8,15H2. The van der Waals surface area contributed by atoms with Crippen molar-refractivity contribution in [2.75, 3.05) is 5.73 Å². The van der Waals surface area contributed by atoms with E-state index in [4.69, 9.17) is 10.5 Å². The first kappa shape index (κ1) is 12.8.